The molecule has 0 unspecified atom stereocenters. The lowest BCUT2D eigenvalue weighted by molar-refractivity contribution is -0.138. The first-order valence-corrected chi connectivity index (χ1v) is 10.3. The van der Waals surface area contributed by atoms with Gasteiger partial charge in [0.2, 0.25) is 5.82 Å². The predicted octanol–water partition coefficient (Wildman–Crippen LogP) is 4.63. The summed E-state index contributed by atoms with van der Waals surface area (Å²) < 4.78 is 72.9. The second kappa shape index (κ2) is 7.18. The van der Waals surface area contributed by atoms with Crippen LogP contribution in [0.5, 0.6) is 0 Å². The fourth-order valence-corrected chi connectivity index (χ4v) is 4.62. The quantitative estimate of drug-likeness (QED) is 0.398. The summed E-state index contributed by atoms with van der Waals surface area (Å²) in [7, 11) is 1.42. The highest BCUT2D eigenvalue weighted by atomic mass is 19.4. The third kappa shape index (κ3) is 3.13. The van der Waals surface area contributed by atoms with Crippen LogP contribution in [0.25, 0.3) is 0 Å². The van der Waals surface area contributed by atoms with E-state index in [1.807, 2.05) is 0 Å². The molecule has 0 saturated heterocycles. The molecular weight excluding hydrogens is 459 g/mol. The molecule has 176 valence electrons. The Morgan fingerprint density at radius 3 is 2.41 bits per heavy atom. The molecule has 1 aliphatic heterocycles. The summed E-state index contributed by atoms with van der Waals surface area (Å²) in [4.78, 5) is 25.3. The molecule has 11 heteroatoms. The molecule has 2 aliphatic rings. The van der Waals surface area contributed by atoms with E-state index in [0.717, 1.165) is 15.5 Å². The summed E-state index contributed by atoms with van der Waals surface area (Å²) in [5.74, 6) is -4.57. The van der Waals surface area contributed by atoms with Gasteiger partial charge in [0.25, 0.3) is 5.91 Å². The number of fused-ring (bicyclic) bond motifs is 1. The number of amides is 1. The number of carbonyl (C=O) groups is 2. The molecule has 0 atom stereocenters. The summed E-state index contributed by atoms with van der Waals surface area (Å²) in [5.41, 5.74) is -2.92. The highest BCUT2D eigenvalue weighted by Crippen LogP contribution is 2.62. The Kier molecular flexibility index (Phi) is 4.68. The monoisotopic (exact) mass is 476 g/mol. The van der Waals surface area contributed by atoms with Gasteiger partial charge in [0.05, 0.1) is 17.5 Å². The lowest BCUT2D eigenvalue weighted by atomic mass is 9.88. The maximum atomic E-state index is 15.5. The van der Waals surface area contributed by atoms with Gasteiger partial charge in [-0.15, -0.1) is 10.2 Å². The van der Waals surface area contributed by atoms with Crippen LogP contribution in [0.3, 0.4) is 0 Å². The van der Waals surface area contributed by atoms with Crippen LogP contribution in [-0.4, -0.2) is 27.0 Å². The second-order valence-electron chi connectivity index (χ2n) is 8.57. The fourth-order valence-electron chi connectivity index (χ4n) is 4.62. The number of alkyl halides is 5. The first kappa shape index (κ1) is 22.2. The van der Waals surface area contributed by atoms with Gasteiger partial charge in [0, 0.05) is 23.9 Å². The van der Waals surface area contributed by atoms with Crippen LogP contribution >= 0.6 is 0 Å². The average molecular weight is 476 g/mol. The molecule has 0 bridgehead atoms. The first-order valence-electron chi connectivity index (χ1n) is 10.3. The maximum Gasteiger partial charge on any atom is 0.416 e. The number of hydrogen-bond acceptors (Lipinski definition) is 4. The zero-order valence-electron chi connectivity index (χ0n) is 17.7. The smallest absolute Gasteiger partial charge is 0.316 e. The summed E-state index contributed by atoms with van der Waals surface area (Å²) in [6.07, 6.45) is -2.99. The number of nitrogens with zero attached hydrogens (tertiary/aromatic N) is 4. The summed E-state index contributed by atoms with van der Waals surface area (Å²) >= 11 is 0. The van der Waals surface area contributed by atoms with Crippen molar-refractivity contribution in [3.63, 3.8) is 0 Å². The minimum absolute atomic E-state index is 0.172. The average Bonchev–Trinajstić information content (AvgIpc) is 3.41. The Bertz CT molecular complexity index is 1330. The van der Waals surface area contributed by atoms with Gasteiger partial charge in [-0.05, 0) is 48.2 Å². The number of aromatic nitrogens is 3. The summed E-state index contributed by atoms with van der Waals surface area (Å²) in [6.45, 7) is -0.391. The van der Waals surface area contributed by atoms with Gasteiger partial charge in [-0.2, -0.15) is 22.0 Å². The molecule has 5 rings (SSSR count). The Balaban J connectivity index is 1.54. The lowest BCUT2D eigenvalue weighted by Gasteiger charge is -2.27. The van der Waals surface area contributed by atoms with Crippen LogP contribution in [0.4, 0.5) is 27.6 Å². The van der Waals surface area contributed by atoms with E-state index in [1.54, 1.807) is 0 Å². The zero-order chi connectivity index (χ0) is 24.5. The molecule has 2 heterocycles. The highest BCUT2D eigenvalue weighted by molar-refractivity contribution is 6.11. The Morgan fingerprint density at radius 2 is 1.82 bits per heavy atom. The largest absolute Gasteiger partial charge is 0.416 e. The highest BCUT2D eigenvalue weighted by Gasteiger charge is 2.65. The molecule has 1 fully saturated rings. The van der Waals surface area contributed by atoms with Gasteiger partial charge >= 0.3 is 12.1 Å². The van der Waals surface area contributed by atoms with Crippen LogP contribution < -0.4 is 4.90 Å². The molecule has 1 aliphatic carbocycles. The molecule has 0 radical (unpaired) electrons. The molecule has 3 aromatic rings. The van der Waals surface area contributed by atoms with Gasteiger partial charge in [0.1, 0.15) is 12.6 Å². The SMILES string of the molecule is Cn1cnnc1C(F)(F)C1(c2cccc(N3Cc4c(cc(C=O)cc4C(F)(F)F)C3=O)c2)CC1. The van der Waals surface area contributed by atoms with E-state index in [0.29, 0.717) is 6.07 Å². The molecular formula is C23H17F5N4O2. The molecule has 6 nitrogen and oxygen atoms in total. The van der Waals surface area contributed by atoms with Crippen molar-refractivity contribution in [2.75, 3.05) is 4.90 Å². The third-order valence-electron chi connectivity index (χ3n) is 6.56. The number of aryl methyl sites for hydroxylation is 1. The number of carbonyl (C=O) groups excluding carboxylic acids is 2. The number of aldehydes is 1. The Hall–Kier alpha value is -3.63. The number of halogens is 5. The van der Waals surface area contributed by atoms with E-state index in [1.165, 1.54) is 37.6 Å². The predicted molar refractivity (Wildman–Crippen MR) is 110 cm³/mol. The molecule has 0 spiro atoms. The molecule has 1 amide bonds. The van der Waals surface area contributed by atoms with Gasteiger partial charge in [-0.1, -0.05) is 12.1 Å². The normalized spacial score (nSPS) is 17.1. The van der Waals surface area contributed by atoms with Crippen molar-refractivity contribution in [3.8, 4) is 0 Å². The van der Waals surface area contributed by atoms with E-state index in [9.17, 15) is 22.8 Å². The zero-order valence-corrected chi connectivity index (χ0v) is 17.7. The molecule has 0 N–H and O–H groups in total. The van der Waals surface area contributed by atoms with Crippen molar-refractivity contribution >= 4 is 17.9 Å². The van der Waals surface area contributed by atoms with E-state index >= 15 is 8.78 Å². The standard InChI is InChI=1S/C23H17F5N4O2/c1-31-12-29-30-20(31)22(24,25)21(5-6-21)14-3-2-4-15(9-14)32-10-17-16(19(32)34)7-13(11-33)8-18(17)23(26,27)28/h2-4,7-9,11-12H,5-6,10H2,1H3. The number of rotatable bonds is 5. The van der Waals surface area contributed by atoms with Gasteiger partial charge < -0.3 is 9.47 Å². The molecule has 2 aromatic carbocycles. The van der Waals surface area contributed by atoms with Crippen molar-refractivity contribution in [1.29, 1.82) is 0 Å². The Labute approximate surface area is 190 Å². The molecule has 1 aromatic heterocycles. The minimum atomic E-state index is -4.77. The van der Waals surface area contributed by atoms with Crippen molar-refractivity contribution in [1.82, 2.24) is 14.8 Å². The second-order valence-corrected chi connectivity index (χ2v) is 8.57. The summed E-state index contributed by atoms with van der Waals surface area (Å²) in [5, 5.41) is 7.11. The number of hydrogen-bond donors (Lipinski definition) is 0. The van der Waals surface area contributed by atoms with Gasteiger partial charge in [0.15, 0.2) is 0 Å². The maximum absolute atomic E-state index is 15.5. The fraction of sp³-hybridized carbons (Fsp3) is 0.304. The Morgan fingerprint density at radius 1 is 1.09 bits per heavy atom. The van der Waals surface area contributed by atoms with Crippen molar-refractivity contribution < 1.29 is 31.5 Å². The van der Waals surface area contributed by atoms with Crippen LogP contribution in [0.15, 0.2) is 42.7 Å². The molecule has 34 heavy (non-hydrogen) atoms. The van der Waals surface area contributed by atoms with Gasteiger partial charge in [-0.3, -0.25) is 9.59 Å². The first-order chi connectivity index (χ1) is 16.0. The topological polar surface area (TPSA) is 68.1 Å². The third-order valence-corrected chi connectivity index (χ3v) is 6.56. The molecule has 1 saturated carbocycles. The van der Waals surface area contributed by atoms with Crippen molar-refractivity contribution in [2.45, 2.75) is 36.9 Å². The van der Waals surface area contributed by atoms with Crippen LogP contribution in [-0.2, 0) is 31.1 Å². The van der Waals surface area contributed by atoms with E-state index in [-0.39, 0.29) is 47.1 Å². The van der Waals surface area contributed by atoms with Crippen LogP contribution in [0.2, 0.25) is 0 Å². The summed E-state index contributed by atoms with van der Waals surface area (Å²) in [6, 6.07) is 7.73. The number of anilines is 1. The van der Waals surface area contributed by atoms with E-state index in [4.69, 9.17) is 0 Å². The van der Waals surface area contributed by atoms with E-state index in [2.05, 4.69) is 10.2 Å². The van der Waals surface area contributed by atoms with Gasteiger partial charge in [-0.25, -0.2) is 0 Å². The van der Waals surface area contributed by atoms with Crippen molar-refractivity contribution in [3.05, 3.63) is 76.4 Å². The van der Waals surface area contributed by atoms with Crippen LogP contribution in [0, 0.1) is 0 Å². The minimum Gasteiger partial charge on any atom is -0.316 e. The van der Waals surface area contributed by atoms with Crippen molar-refractivity contribution in [2.24, 2.45) is 7.05 Å². The van der Waals surface area contributed by atoms with E-state index < -0.39 is 41.4 Å². The number of benzene rings is 2. The lowest BCUT2D eigenvalue weighted by Crippen LogP contribution is -2.34. The van der Waals surface area contributed by atoms with Crippen LogP contribution in [0.1, 0.15) is 56.1 Å².